The van der Waals surface area contributed by atoms with Crippen LogP contribution >= 0.6 is 0 Å². The van der Waals surface area contributed by atoms with Crippen LogP contribution in [-0.2, 0) is 12.8 Å². The van der Waals surface area contributed by atoms with Crippen molar-refractivity contribution in [3.63, 3.8) is 0 Å². The molecule has 0 saturated carbocycles. The molecule has 0 heterocycles. The van der Waals surface area contributed by atoms with Gasteiger partial charge in [-0.2, -0.15) is 0 Å². The van der Waals surface area contributed by atoms with Gasteiger partial charge >= 0.3 is 0 Å². The number of nitrogens with zero attached hydrogens (tertiary/aromatic N) is 2. The highest BCUT2D eigenvalue weighted by Gasteiger charge is 2.27. The number of anilines is 6. The largest absolute Gasteiger partial charge is 0.310 e. The third-order valence-electron chi connectivity index (χ3n) is 18.6. The predicted molar refractivity (Wildman–Crippen MR) is 382 cm³/mol. The van der Waals surface area contributed by atoms with Gasteiger partial charge in [0.25, 0.3) is 0 Å². The first-order chi connectivity index (χ1) is 44.5. The van der Waals surface area contributed by atoms with Crippen LogP contribution in [0.2, 0.25) is 0 Å². The molecule has 2 heteroatoms. The van der Waals surface area contributed by atoms with E-state index in [2.05, 4.69) is 350 Å². The summed E-state index contributed by atoms with van der Waals surface area (Å²) >= 11 is 0. The van der Waals surface area contributed by atoms with Crippen molar-refractivity contribution in [2.24, 2.45) is 0 Å². The Kier molecular flexibility index (Phi) is 13.1. The van der Waals surface area contributed by atoms with Gasteiger partial charge in [-0.25, -0.2) is 0 Å². The van der Waals surface area contributed by atoms with E-state index in [0.717, 1.165) is 47.0 Å². The molecule has 0 unspecified atom stereocenters. The molecule has 90 heavy (non-hydrogen) atoms. The molecule has 0 fully saturated rings. The predicted octanol–water partition coefficient (Wildman–Crippen LogP) is 23.6. The Morgan fingerprint density at radius 3 is 0.822 bits per heavy atom. The zero-order chi connectivity index (χ0) is 59.5. The maximum atomic E-state index is 2.49. The van der Waals surface area contributed by atoms with Crippen molar-refractivity contribution in [3.8, 4) is 22.3 Å². The normalized spacial score (nSPS) is 12.5. The Balaban J connectivity index is 0.658. The summed E-state index contributed by atoms with van der Waals surface area (Å²) in [7, 11) is 0. The summed E-state index contributed by atoms with van der Waals surface area (Å²) < 4.78 is 0. The first-order valence-corrected chi connectivity index (χ1v) is 31.3. The van der Waals surface area contributed by atoms with Gasteiger partial charge in [0.2, 0.25) is 0 Å². The van der Waals surface area contributed by atoms with Crippen LogP contribution in [0.15, 0.2) is 328 Å². The van der Waals surface area contributed by atoms with Gasteiger partial charge in [0.1, 0.15) is 0 Å². The van der Waals surface area contributed by atoms with Crippen LogP contribution in [0, 0.1) is 0 Å². The third-order valence-corrected chi connectivity index (χ3v) is 18.6. The number of benzene rings is 15. The van der Waals surface area contributed by atoms with E-state index in [1.165, 1.54) is 132 Å². The lowest BCUT2D eigenvalue weighted by atomic mass is 9.94. The minimum Gasteiger partial charge on any atom is -0.310 e. The molecule has 15 aromatic rings. The summed E-state index contributed by atoms with van der Waals surface area (Å²) in [6.07, 6.45) is 6.58. The molecular formula is C88H60N2. The Morgan fingerprint density at radius 1 is 0.211 bits per heavy atom. The Bertz CT molecular complexity index is 4850. The highest BCUT2D eigenvalue weighted by molar-refractivity contribution is 5.98. The van der Waals surface area contributed by atoms with Crippen molar-refractivity contribution in [3.05, 3.63) is 383 Å². The first-order valence-electron chi connectivity index (χ1n) is 31.3. The van der Waals surface area contributed by atoms with E-state index in [1.54, 1.807) is 0 Å². The average molecular weight is 1150 g/mol. The second kappa shape index (κ2) is 22.3. The van der Waals surface area contributed by atoms with Crippen LogP contribution in [0.5, 0.6) is 0 Å². The van der Waals surface area contributed by atoms with Crippen LogP contribution in [0.4, 0.5) is 34.1 Å². The van der Waals surface area contributed by atoms with E-state index >= 15 is 0 Å². The smallest absolute Gasteiger partial charge is 0.0468 e. The van der Waals surface area contributed by atoms with Gasteiger partial charge in [-0.3, -0.25) is 0 Å². The minimum absolute atomic E-state index is 0.909. The standard InChI is InChI=1S/C88H60N2/c1-3-19-65(20-4-1)85(67-33-37-77(38-34-67)89(79-41-29-61-15-7-11-23-69(61)53-79)80-42-30-62-16-8-12-24-70(62)54-80)49-59-27-45-83-73(47-59)51-75-57-88-76(58-87(75)83)52-74-48-60(28-46-84(74)88)50-86(66-21-5-2-6-22-66)68-35-39-78(40-36-68)90(81-43-31-63-17-9-13-25-71(63)55-81)82-44-32-64-18-10-14-26-72(64)56-82/h1-50,53-58H,51-52H2/b85-49+,86-50+. The van der Waals surface area contributed by atoms with Crippen molar-refractivity contribution in [1.82, 2.24) is 0 Å². The molecule has 17 rings (SSSR count). The zero-order valence-electron chi connectivity index (χ0n) is 49.6. The highest BCUT2D eigenvalue weighted by atomic mass is 15.1. The van der Waals surface area contributed by atoms with Gasteiger partial charge in [-0.1, -0.05) is 243 Å². The van der Waals surface area contributed by atoms with Crippen molar-refractivity contribution in [2.45, 2.75) is 12.8 Å². The van der Waals surface area contributed by atoms with E-state index in [1.807, 2.05) is 0 Å². The molecule has 2 nitrogen and oxygen atoms in total. The molecule has 0 saturated heterocycles. The number of hydrogen-bond acceptors (Lipinski definition) is 2. The highest BCUT2D eigenvalue weighted by Crippen LogP contribution is 2.47. The monoisotopic (exact) mass is 1140 g/mol. The maximum Gasteiger partial charge on any atom is 0.0468 e. The molecule has 0 N–H and O–H groups in total. The summed E-state index contributed by atoms with van der Waals surface area (Å²) in [4.78, 5) is 4.77. The summed E-state index contributed by atoms with van der Waals surface area (Å²) in [5.74, 6) is 0. The van der Waals surface area contributed by atoms with Gasteiger partial charge in [0.05, 0.1) is 0 Å². The van der Waals surface area contributed by atoms with E-state index < -0.39 is 0 Å². The summed E-state index contributed by atoms with van der Waals surface area (Å²) in [5.41, 5.74) is 27.2. The maximum absolute atomic E-state index is 2.49. The van der Waals surface area contributed by atoms with E-state index in [0.29, 0.717) is 0 Å². The molecule has 2 aliphatic rings. The molecule has 0 amide bonds. The van der Waals surface area contributed by atoms with Gasteiger partial charge in [-0.05, 0) is 242 Å². The number of fused-ring (bicyclic) bond motifs is 10. The molecule has 0 spiro atoms. The van der Waals surface area contributed by atoms with E-state index in [4.69, 9.17) is 0 Å². The van der Waals surface area contributed by atoms with Crippen LogP contribution < -0.4 is 9.80 Å². The van der Waals surface area contributed by atoms with Crippen molar-refractivity contribution >= 4 is 101 Å². The van der Waals surface area contributed by atoms with Gasteiger partial charge in [0.15, 0.2) is 0 Å². The quantitative estimate of drug-likeness (QED) is 0.113. The van der Waals surface area contributed by atoms with Crippen molar-refractivity contribution in [2.75, 3.05) is 9.80 Å². The zero-order valence-corrected chi connectivity index (χ0v) is 49.6. The lowest BCUT2D eigenvalue weighted by molar-refractivity contribution is 1.24. The van der Waals surface area contributed by atoms with Gasteiger partial charge in [0, 0.05) is 34.1 Å². The topological polar surface area (TPSA) is 6.48 Å². The molecule has 0 bridgehead atoms. The third kappa shape index (κ3) is 9.82. The second-order valence-electron chi connectivity index (χ2n) is 24.1. The molecular weight excluding hydrogens is 1080 g/mol. The molecule has 0 atom stereocenters. The van der Waals surface area contributed by atoms with E-state index in [-0.39, 0.29) is 0 Å². The number of rotatable bonds is 12. The lowest BCUT2D eigenvalue weighted by Gasteiger charge is -2.26. The number of hydrogen-bond donors (Lipinski definition) is 0. The molecule has 0 aromatic heterocycles. The minimum atomic E-state index is 0.909. The Labute approximate surface area is 525 Å². The lowest BCUT2D eigenvalue weighted by Crippen LogP contribution is -2.10. The summed E-state index contributed by atoms with van der Waals surface area (Å²) in [5, 5.41) is 9.78. The molecule has 422 valence electrons. The van der Waals surface area contributed by atoms with Crippen molar-refractivity contribution < 1.29 is 0 Å². The van der Waals surface area contributed by atoms with Crippen LogP contribution in [-0.4, -0.2) is 0 Å². The molecule has 0 aliphatic heterocycles. The Morgan fingerprint density at radius 2 is 0.489 bits per heavy atom. The fourth-order valence-electron chi connectivity index (χ4n) is 14.1. The Hall–Kier alpha value is -11.6. The van der Waals surface area contributed by atoms with Crippen molar-refractivity contribution in [1.29, 1.82) is 0 Å². The van der Waals surface area contributed by atoms with Crippen LogP contribution in [0.3, 0.4) is 0 Å². The average Bonchev–Trinajstić information content (AvgIpc) is 1.62. The fraction of sp³-hybridized carbons (Fsp3) is 0.0227. The van der Waals surface area contributed by atoms with Gasteiger partial charge in [-0.15, -0.1) is 0 Å². The fourth-order valence-corrected chi connectivity index (χ4v) is 14.1. The second-order valence-corrected chi connectivity index (χ2v) is 24.1. The van der Waals surface area contributed by atoms with Crippen LogP contribution in [0.25, 0.3) is 88.6 Å². The summed E-state index contributed by atoms with van der Waals surface area (Å²) in [6.45, 7) is 0. The SMILES string of the molecule is C(=C(/c1ccccc1)c1ccc(N(c2ccc3ccccc3c2)c2ccc3ccccc3c2)cc1)/c1ccc2c(c1)Cc1cc3c(cc1-2)Cc1cc(/C=C(\c2ccccc2)c2ccc(N(c4ccc5ccccc5c4)c4ccc5ccccc5c4)cc2)ccc1-3. The van der Waals surface area contributed by atoms with Crippen LogP contribution in [0.1, 0.15) is 55.6 Å². The molecule has 15 aromatic carbocycles. The molecule has 2 aliphatic carbocycles. The first kappa shape index (κ1) is 52.7. The summed E-state index contributed by atoms with van der Waals surface area (Å²) in [6, 6.07) is 121. The molecule has 0 radical (unpaired) electrons. The van der Waals surface area contributed by atoms with Gasteiger partial charge < -0.3 is 9.80 Å². The van der Waals surface area contributed by atoms with E-state index in [9.17, 15) is 0 Å².